The van der Waals surface area contributed by atoms with Gasteiger partial charge in [0, 0.05) is 24.0 Å². The van der Waals surface area contributed by atoms with Crippen molar-refractivity contribution in [2.24, 2.45) is 0 Å². The molecule has 0 aliphatic carbocycles. The highest BCUT2D eigenvalue weighted by Gasteiger charge is 2.07. The molecule has 1 amide bonds. The first kappa shape index (κ1) is 13.6. The summed E-state index contributed by atoms with van der Waals surface area (Å²) in [4.78, 5) is 16.2. The summed E-state index contributed by atoms with van der Waals surface area (Å²) in [5, 5.41) is 14.5. The van der Waals surface area contributed by atoms with Crippen LogP contribution in [0.15, 0.2) is 42.6 Å². The van der Waals surface area contributed by atoms with E-state index in [1.54, 1.807) is 42.6 Å². The van der Waals surface area contributed by atoms with Crippen molar-refractivity contribution in [3.8, 4) is 6.07 Å². The fraction of sp³-hybridized carbons (Fsp3) is 0.133. The zero-order valence-corrected chi connectivity index (χ0v) is 11.1. The fourth-order valence-corrected chi connectivity index (χ4v) is 1.68. The predicted octanol–water partition coefficient (Wildman–Crippen LogP) is 2.64. The predicted molar refractivity (Wildman–Crippen MR) is 77.5 cm³/mol. The van der Waals surface area contributed by atoms with E-state index in [0.717, 1.165) is 6.54 Å². The summed E-state index contributed by atoms with van der Waals surface area (Å²) in [5.41, 5.74) is 1.73. The summed E-state index contributed by atoms with van der Waals surface area (Å²) in [6.45, 7) is 2.71. The summed E-state index contributed by atoms with van der Waals surface area (Å²) >= 11 is 0. The summed E-state index contributed by atoms with van der Waals surface area (Å²) < 4.78 is 0. The lowest BCUT2D eigenvalue weighted by Crippen LogP contribution is -2.12. The fourth-order valence-electron chi connectivity index (χ4n) is 1.68. The van der Waals surface area contributed by atoms with Crippen LogP contribution in [0.4, 0.5) is 11.5 Å². The van der Waals surface area contributed by atoms with Gasteiger partial charge in [0.05, 0.1) is 11.6 Å². The maximum atomic E-state index is 12.1. The molecule has 0 aliphatic rings. The van der Waals surface area contributed by atoms with Crippen LogP contribution in [0.25, 0.3) is 0 Å². The minimum atomic E-state index is -0.212. The van der Waals surface area contributed by atoms with E-state index in [2.05, 4.69) is 15.6 Å². The number of rotatable bonds is 4. The average molecular weight is 266 g/mol. The number of nitriles is 1. The number of aromatic nitrogens is 1. The van der Waals surface area contributed by atoms with E-state index in [1.807, 2.05) is 13.0 Å². The minimum Gasteiger partial charge on any atom is -0.370 e. The number of nitrogens with one attached hydrogen (secondary N) is 2. The lowest BCUT2D eigenvalue weighted by atomic mass is 10.2. The maximum Gasteiger partial charge on any atom is 0.255 e. The first-order chi connectivity index (χ1) is 9.72. The van der Waals surface area contributed by atoms with Gasteiger partial charge in [-0.05, 0) is 43.3 Å². The standard InChI is InChI=1S/C15H14N4O/c1-2-17-14-9-12(7-8-18-14)15(20)19-13-5-3-11(10-16)4-6-13/h3-9H,2H2,1H3,(H,17,18)(H,19,20). The Labute approximate surface area is 117 Å². The van der Waals surface area contributed by atoms with Crippen molar-refractivity contribution >= 4 is 17.4 Å². The molecular formula is C15H14N4O. The number of anilines is 2. The molecule has 5 heteroatoms. The van der Waals surface area contributed by atoms with Gasteiger partial charge in [0.2, 0.25) is 0 Å². The normalized spacial score (nSPS) is 9.60. The molecule has 5 nitrogen and oxygen atoms in total. The third-order valence-corrected chi connectivity index (χ3v) is 2.65. The Bertz CT molecular complexity index is 644. The molecule has 0 bridgehead atoms. The molecular weight excluding hydrogens is 252 g/mol. The van der Waals surface area contributed by atoms with E-state index in [4.69, 9.17) is 5.26 Å². The van der Waals surface area contributed by atoms with Gasteiger partial charge >= 0.3 is 0 Å². The van der Waals surface area contributed by atoms with Gasteiger partial charge in [-0.2, -0.15) is 5.26 Å². The smallest absolute Gasteiger partial charge is 0.255 e. The van der Waals surface area contributed by atoms with Crippen molar-refractivity contribution in [1.82, 2.24) is 4.98 Å². The average Bonchev–Trinajstić information content (AvgIpc) is 2.48. The van der Waals surface area contributed by atoms with E-state index >= 15 is 0 Å². The molecule has 0 spiro atoms. The van der Waals surface area contributed by atoms with Crippen molar-refractivity contribution in [2.75, 3.05) is 17.2 Å². The lowest BCUT2D eigenvalue weighted by Gasteiger charge is -2.07. The molecule has 0 radical (unpaired) electrons. The molecule has 0 fully saturated rings. The number of carbonyl (C=O) groups is 1. The van der Waals surface area contributed by atoms with Crippen LogP contribution in [-0.2, 0) is 0 Å². The Hall–Kier alpha value is -2.87. The van der Waals surface area contributed by atoms with E-state index in [0.29, 0.717) is 22.6 Å². The molecule has 100 valence electrons. The van der Waals surface area contributed by atoms with E-state index in [1.165, 1.54) is 0 Å². The van der Waals surface area contributed by atoms with Gasteiger partial charge < -0.3 is 10.6 Å². The van der Waals surface area contributed by atoms with Crippen LogP contribution in [0.2, 0.25) is 0 Å². The molecule has 20 heavy (non-hydrogen) atoms. The highest BCUT2D eigenvalue weighted by Crippen LogP contribution is 2.12. The number of hydrogen-bond donors (Lipinski definition) is 2. The van der Waals surface area contributed by atoms with E-state index in [9.17, 15) is 4.79 Å². The largest absolute Gasteiger partial charge is 0.370 e. The molecule has 1 aromatic heterocycles. The second kappa shape index (κ2) is 6.34. The second-order valence-corrected chi connectivity index (χ2v) is 4.10. The summed E-state index contributed by atoms with van der Waals surface area (Å²) in [6.07, 6.45) is 1.59. The molecule has 0 unspecified atom stereocenters. The van der Waals surface area contributed by atoms with Gasteiger partial charge in [0.1, 0.15) is 5.82 Å². The summed E-state index contributed by atoms with van der Waals surface area (Å²) in [6, 6.07) is 12.1. The third kappa shape index (κ3) is 3.33. The monoisotopic (exact) mass is 266 g/mol. The number of nitrogens with zero attached hydrogens (tertiary/aromatic N) is 2. The van der Waals surface area contributed by atoms with Crippen LogP contribution >= 0.6 is 0 Å². The Kier molecular flexibility index (Phi) is 4.30. The summed E-state index contributed by atoms with van der Waals surface area (Å²) in [7, 11) is 0. The first-order valence-corrected chi connectivity index (χ1v) is 6.24. The van der Waals surface area contributed by atoms with Crippen molar-refractivity contribution in [2.45, 2.75) is 6.92 Å². The molecule has 2 aromatic rings. The van der Waals surface area contributed by atoms with Gasteiger partial charge in [0.25, 0.3) is 5.91 Å². The summed E-state index contributed by atoms with van der Waals surface area (Å²) in [5.74, 6) is 0.455. The second-order valence-electron chi connectivity index (χ2n) is 4.10. The minimum absolute atomic E-state index is 0.212. The lowest BCUT2D eigenvalue weighted by molar-refractivity contribution is 0.102. The molecule has 1 aromatic carbocycles. The van der Waals surface area contributed by atoms with Crippen LogP contribution in [-0.4, -0.2) is 17.4 Å². The number of hydrogen-bond acceptors (Lipinski definition) is 4. The highest BCUT2D eigenvalue weighted by molar-refractivity contribution is 6.04. The van der Waals surface area contributed by atoms with Crippen LogP contribution < -0.4 is 10.6 Å². The molecule has 0 aliphatic heterocycles. The Balaban J connectivity index is 2.11. The maximum absolute atomic E-state index is 12.1. The Morgan fingerprint density at radius 2 is 2.05 bits per heavy atom. The third-order valence-electron chi connectivity index (χ3n) is 2.65. The number of benzene rings is 1. The van der Waals surface area contributed by atoms with Crippen LogP contribution in [0, 0.1) is 11.3 Å². The zero-order chi connectivity index (χ0) is 14.4. The number of carbonyl (C=O) groups excluding carboxylic acids is 1. The van der Waals surface area contributed by atoms with E-state index < -0.39 is 0 Å². The SMILES string of the molecule is CCNc1cc(C(=O)Nc2ccc(C#N)cc2)ccn1. The molecule has 0 saturated heterocycles. The number of amides is 1. The zero-order valence-electron chi connectivity index (χ0n) is 11.1. The molecule has 2 N–H and O–H groups in total. The van der Waals surface area contributed by atoms with Crippen molar-refractivity contribution in [3.05, 3.63) is 53.7 Å². The van der Waals surface area contributed by atoms with Gasteiger partial charge in [-0.1, -0.05) is 0 Å². The molecule has 1 heterocycles. The van der Waals surface area contributed by atoms with Crippen molar-refractivity contribution < 1.29 is 4.79 Å². The molecule has 2 rings (SSSR count). The highest BCUT2D eigenvalue weighted by atomic mass is 16.1. The molecule has 0 saturated carbocycles. The van der Waals surface area contributed by atoms with Crippen LogP contribution in [0.1, 0.15) is 22.8 Å². The Morgan fingerprint density at radius 3 is 2.70 bits per heavy atom. The van der Waals surface area contributed by atoms with Crippen LogP contribution in [0.5, 0.6) is 0 Å². The Morgan fingerprint density at radius 1 is 1.30 bits per heavy atom. The number of pyridine rings is 1. The molecule has 0 atom stereocenters. The topological polar surface area (TPSA) is 77.8 Å². The quantitative estimate of drug-likeness (QED) is 0.891. The van der Waals surface area contributed by atoms with Crippen LogP contribution in [0.3, 0.4) is 0 Å². The van der Waals surface area contributed by atoms with Gasteiger partial charge in [-0.25, -0.2) is 4.98 Å². The first-order valence-electron chi connectivity index (χ1n) is 6.24. The van der Waals surface area contributed by atoms with Crippen molar-refractivity contribution in [1.29, 1.82) is 5.26 Å². The van der Waals surface area contributed by atoms with Gasteiger partial charge in [-0.15, -0.1) is 0 Å². The van der Waals surface area contributed by atoms with Gasteiger partial charge in [0.15, 0.2) is 0 Å². The van der Waals surface area contributed by atoms with Crippen molar-refractivity contribution in [3.63, 3.8) is 0 Å². The van der Waals surface area contributed by atoms with E-state index in [-0.39, 0.29) is 5.91 Å². The van der Waals surface area contributed by atoms with Gasteiger partial charge in [-0.3, -0.25) is 4.79 Å².